The highest BCUT2D eigenvalue weighted by molar-refractivity contribution is 8.13. The molecule has 1 aromatic heterocycles. The first-order valence-corrected chi connectivity index (χ1v) is 8.85. The number of anilines is 1. The van der Waals surface area contributed by atoms with Gasteiger partial charge in [-0.1, -0.05) is 35.5 Å². The lowest BCUT2D eigenvalue weighted by molar-refractivity contribution is 0.102. The molecule has 3 rings (SSSR count). The lowest BCUT2D eigenvalue weighted by Crippen LogP contribution is -2.28. The normalized spacial score (nSPS) is 20.3. The third-order valence-electron chi connectivity index (χ3n) is 3.94. The number of carbonyl (C=O) groups excluding carboxylic acids is 1. The molecule has 24 heavy (non-hydrogen) atoms. The molecule has 0 saturated carbocycles. The standard InChI is InChI=1S/C17H17ClN4OS/c1-17(7-9-24-16(19)22-17)11-4-2-5-12(10-11)21-15(23)13-6-3-8-20-14(13)18/h2-6,8,10H,7,9H2,1H3,(H2,19,22)(H,21,23). The van der Waals surface area contributed by atoms with Gasteiger partial charge in [0.05, 0.1) is 11.1 Å². The summed E-state index contributed by atoms with van der Waals surface area (Å²) in [6, 6.07) is 11.0. The lowest BCUT2D eigenvalue weighted by Gasteiger charge is -2.30. The number of aliphatic imine (C=N–C) groups is 1. The summed E-state index contributed by atoms with van der Waals surface area (Å²) in [6.45, 7) is 2.05. The largest absolute Gasteiger partial charge is 0.379 e. The van der Waals surface area contributed by atoms with Crippen LogP contribution >= 0.6 is 23.4 Å². The smallest absolute Gasteiger partial charge is 0.258 e. The topological polar surface area (TPSA) is 80.4 Å². The molecule has 0 radical (unpaired) electrons. The number of rotatable bonds is 3. The predicted molar refractivity (Wildman–Crippen MR) is 99.7 cm³/mol. The van der Waals surface area contributed by atoms with E-state index in [0.29, 0.717) is 16.4 Å². The molecule has 1 aromatic carbocycles. The Balaban J connectivity index is 1.85. The zero-order chi connectivity index (χ0) is 17.2. The van der Waals surface area contributed by atoms with Crippen molar-refractivity contribution in [2.45, 2.75) is 18.9 Å². The first kappa shape index (κ1) is 16.8. The van der Waals surface area contributed by atoms with Crippen molar-refractivity contribution in [1.82, 2.24) is 4.98 Å². The maximum atomic E-state index is 12.4. The maximum absolute atomic E-state index is 12.4. The highest BCUT2D eigenvalue weighted by Gasteiger charge is 2.29. The Labute approximate surface area is 149 Å². The van der Waals surface area contributed by atoms with Crippen LogP contribution in [0.15, 0.2) is 47.6 Å². The molecule has 3 N–H and O–H groups in total. The molecular weight excluding hydrogens is 344 g/mol. The number of nitrogens with two attached hydrogens (primary N) is 1. The monoisotopic (exact) mass is 360 g/mol. The predicted octanol–water partition coefficient (Wildman–Crippen LogP) is 3.65. The number of nitrogens with one attached hydrogen (secondary N) is 1. The fourth-order valence-electron chi connectivity index (χ4n) is 2.58. The maximum Gasteiger partial charge on any atom is 0.258 e. The van der Waals surface area contributed by atoms with Gasteiger partial charge >= 0.3 is 0 Å². The molecule has 124 valence electrons. The van der Waals surface area contributed by atoms with Gasteiger partial charge in [0.25, 0.3) is 5.91 Å². The fourth-order valence-corrected chi connectivity index (χ4v) is 3.76. The molecule has 1 aliphatic heterocycles. The average molecular weight is 361 g/mol. The fraction of sp³-hybridized carbons (Fsp3) is 0.235. The first-order valence-electron chi connectivity index (χ1n) is 7.48. The number of amidine groups is 1. The minimum atomic E-state index is -0.373. The van der Waals surface area contributed by atoms with Crippen molar-refractivity contribution in [3.8, 4) is 0 Å². The number of hydrogen-bond acceptors (Lipinski definition) is 5. The van der Waals surface area contributed by atoms with E-state index in [2.05, 4.69) is 22.2 Å². The Hall–Kier alpha value is -2.05. The molecule has 0 spiro atoms. The van der Waals surface area contributed by atoms with Crippen molar-refractivity contribution in [3.05, 3.63) is 58.9 Å². The van der Waals surface area contributed by atoms with Gasteiger partial charge in [-0.3, -0.25) is 9.79 Å². The zero-order valence-corrected chi connectivity index (χ0v) is 14.7. The van der Waals surface area contributed by atoms with Crippen LogP contribution < -0.4 is 11.1 Å². The van der Waals surface area contributed by atoms with E-state index in [1.165, 1.54) is 0 Å². The second kappa shape index (κ2) is 6.83. The van der Waals surface area contributed by atoms with E-state index in [9.17, 15) is 4.79 Å². The molecule has 7 heteroatoms. The molecule has 2 heterocycles. The van der Waals surface area contributed by atoms with Crippen molar-refractivity contribution in [3.63, 3.8) is 0 Å². The van der Waals surface area contributed by atoms with Gasteiger partial charge in [-0.15, -0.1) is 0 Å². The van der Waals surface area contributed by atoms with Gasteiger partial charge in [-0.25, -0.2) is 4.98 Å². The van der Waals surface area contributed by atoms with Gasteiger partial charge in [-0.05, 0) is 43.2 Å². The van der Waals surface area contributed by atoms with E-state index in [0.717, 1.165) is 17.7 Å². The van der Waals surface area contributed by atoms with E-state index in [1.807, 2.05) is 24.3 Å². The summed E-state index contributed by atoms with van der Waals surface area (Å²) in [5, 5.41) is 3.64. The van der Waals surface area contributed by atoms with Gasteiger partial charge in [0, 0.05) is 17.6 Å². The quantitative estimate of drug-likeness (QED) is 0.818. The van der Waals surface area contributed by atoms with Gasteiger partial charge < -0.3 is 11.1 Å². The van der Waals surface area contributed by atoms with Crippen LogP contribution in [0.1, 0.15) is 29.3 Å². The summed E-state index contributed by atoms with van der Waals surface area (Å²) < 4.78 is 0. The van der Waals surface area contributed by atoms with Crippen molar-refractivity contribution < 1.29 is 4.79 Å². The van der Waals surface area contributed by atoms with Gasteiger partial charge in [-0.2, -0.15) is 0 Å². The van der Waals surface area contributed by atoms with Crippen LogP contribution in [0, 0.1) is 0 Å². The third-order valence-corrected chi connectivity index (χ3v) is 5.04. The number of amides is 1. The third kappa shape index (κ3) is 3.55. The molecule has 1 aliphatic rings. The number of carbonyl (C=O) groups is 1. The van der Waals surface area contributed by atoms with E-state index in [-0.39, 0.29) is 16.6 Å². The Morgan fingerprint density at radius 3 is 2.96 bits per heavy atom. The second-order valence-electron chi connectivity index (χ2n) is 5.70. The molecule has 0 aliphatic carbocycles. The van der Waals surface area contributed by atoms with Crippen LogP contribution in [-0.2, 0) is 5.54 Å². The lowest BCUT2D eigenvalue weighted by atomic mass is 9.89. The molecule has 1 amide bonds. The Kier molecular flexibility index (Phi) is 4.78. The van der Waals surface area contributed by atoms with Crippen molar-refractivity contribution in [1.29, 1.82) is 0 Å². The van der Waals surface area contributed by atoms with Crippen molar-refractivity contribution in [2.75, 3.05) is 11.1 Å². The van der Waals surface area contributed by atoms with Gasteiger partial charge in [0.2, 0.25) is 0 Å². The number of thioether (sulfide) groups is 1. The van der Waals surface area contributed by atoms with Crippen molar-refractivity contribution in [2.24, 2.45) is 10.7 Å². The van der Waals surface area contributed by atoms with Gasteiger partial charge in [0.15, 0.2) is 5.17 Å². The molecule has 0 bridgehead atoms. The molecule has 0 saturated heterocycles. The summed E-state index contributed by atoms with van der Waals surface area (Å²) in [5.74, 6) is 0.630. The Morgan fingerprint density at radius 2 is 2.21 bits per heavy atom. The summed E-state index contributed by atoms with van der Waals surface area (Å²) in [7, 11) is 0. The average Bonchev–Trinajstić information content (AvgIpc) is 2.55. The van der Waals surface area contributed by atoms with Crippen LogP contribution in [0.2, 0.25) is 5.15 Å². The highest BCUT2D eigenvalue weighted by Crippen LogP contribution is 2.35. The highest BCUT2D eigenvalue weighted by atomic mass is 35.5. The van der Waals surface area contributed by atoms with Crippen LogP contribution in [0.5, 0.6) is 0 Å². The first-order chi connectivity index (χ1) is 11.5. The Morgan fingerprint density at radius 1 is 1.38 bits per heavy atom. The van der Waals surface area contributed by atoms with Crippen LogP contribution in [0.4, 0.5) is 5.69 Å². The van der Waals surface area contributed by atoms with Crippen LogP contribution in [0.25, 0.3) is 0 Å². The number of benzene rings is 1. The minimum Gasteiger partial charge on any atom is -0.379 e. The minimum absolute atomic E-state index is 0.180. The molecular formula is C17H17ClN4OS. The zero-order valence-electron chi connectivity index (χ0n) is 13.1. The molecule has 1 atom stereocenters. The van der Waals surface area contributed by atoms with E-state index < -0.39 is 0 Å². The number of halogens is 1. The number of pyridine rings is 1. The number of nitrogens with zero attached hydrogens (tertiary/aromatic N) is 2. The second-order valence-corrected chi connectivity index (χ2v) is 7.17. The van der Waals surface area contributed by atoms with E-state index >= 15 is 0 Å². The van der Waals surface area contributed by atoms with E-state index in [1.54, 1.807) is 30.1 Å². The number of aromatic nitrogens is 1. The molecule has 5 nitrogen and oxygen atoms in total. The van der Waals surface area contributed by atoms with Gasteiger partial charge in [0.1, 0.15) is 5.15 Å². The SMILES string of the molecule is CC1(c2cccc(NC(=O)c3cccnc3Cl)c2)CCSC(N)=N1. The molecule has 0 fully saturated rings. The summed E-state index contributed by atoms with van der Waals surface area (Å²) in [6.07, 6.45) is 2.44. The van der Waals surface area contributed by atoms with Crippen molar-refractivity contribution >= 4 is 40.1 Å². The number of hydrogen-bond donors (Lipinski definition) is 2. The summed E-state index contributed by atoms with van der Waals surface area (Å²) >= 11 is 7.54. The molecule has 1 unspecified atom stereocenters. The van der Waals surface area contributed by atoms with E-state index in [4.69, 9.17) is 17.3 Å². The summed E-state index contributed by atoms with van der Waals surface area (Å²) in [5.41, 5.74) is 7.55. The molecule has 2 aromatic rings. The summed E-state index contributed by atoms with van der Waals surface area (Å²) in [4.78, 5) is 20.9. The van der Waals surface area contributed by atoms with Crippen LogP contribution in [-0.4, -0.2) is 21.8 Å². The Bertz CT molecular complexity index is 811. The van der Waals surface area contributed by atoms with Crippen LogP contribution in [0.3, 0.4) is 0 Å².